The maximum absolute atomic E-state index is 11.6. The second-order valence-electron chi connectivity index (χ2n) is 6.65. The molecule has 1 rings (SSSR count). The van der Waals surface area contributed by atoms with Gasteiger partial charge in [-0.1, -0.05) is 33.8 Å². The zero-order valence-corrected chi connectivity index (χ0v) is 13.4. The van der Waals surface area contributed by atoms with Gasteiger partial charge in [0.25, 0.3) is 0 Å². The molecule has 0 aromatic rings. The van der Waals surface area contributed by atoms with Gasteiger partial charge >= 0.3 is 5.97 Å². The van der Waals surface area contributed by atoms with Crippen LogP contribution in [-0.2, 0) is 14.0 Å². The van der Waals surface area contributed by atoms with Crippen LogP contribution < -0.4 is 0 Å². The van der Waals surface area contributed by atoms with E-state index in [9.17, 15) is 4.79 Å². The standard InChI is InChI=1S/C14H26O3Si/c1-8-11-10(2)13(15)17-12(11)9-16-18(6,7)14(3,4)5/h8,10-12H,1,9H2,2-7H3/t10-,11+,12-/m1/s1. The van der Waals surface area contributed by atoms with Crippen LogP contribution in [0.15, 0.2) is 12.7 Å². The van der Waals surface area contributed by atoms with Gasteiger partial charge in [-0.25, -0.2) is 0 Å². The van der Waals surface area contributed by atoms with E-state index in [0.29, 0.717) is 6.61 Å². The van der Waals surface area contributed by atoms with Crippen LogP contribution in [0, 0.1) is 11.8 Å². The summed E-state index contributed by atoms with van der Waals surface area (Å²) < 4.78 is 11.5. The van der Waals surface area contributed by atoms with E-state index in [-0.39, 0.29) is 28.9 Å². The molecule has 1 saturated heterocycles. The molecule has 3 atom stereocenters. The van der Waals surface area contributed by atoms with Crippen LogP contribution in [0.4, 0.5) is 0 Å². The van der Waals surface area contributed by atoms with Gasteiger partial charge in [0.2, 0.25) is 0 Å². The molecule has 0 saturated carbocycles. The second-order valence-corrected chi connectivity index (χ2v) is 11.5. The molecule has 0 radical (unpaired) electrons. The van der Waals surface area contributed by atoms with Gasteiger partial charge in [-0.15, -0.1) is 6.58 Å². The number of hydrogen-bond donors (Lipinski definition) is 0. The molecule has 0 aromatic carbocycles. The number of rotatable bonds is 4. The summed E-state index contributed by atoms with van der Waals surface area (Å²) in [5, 5.41) is 0.172. The Hall–Kier alpha value is -0.613. The summed E-state index contributed by atoms with van der Waals surface area (Å²) in [6, 6.07) is 0. The number of cyclic esters (lactones) is 1. The molecular formula is C14H26O3Si. The van der Waals surface area contributed by atoms with Crippen molar-refractivity contribution in [2.75, 3.05) is 6.61 Å². The lowest BCUT2D eigenvalue weighted by atomic mass is 9.92. The molecule has 104 valence electrons. The number of ether oxygens (including phenoxy) is 1. The number of carbonyl (C=O) groups excluding carboxylic acids is 1. The van der Waals surface area contributed by atoms with Crippen LogP contribution in [0.25, 0.3) is 0 Å². The first kappa shape index (κ1) is 15.4. The van der Waals surface area contributed by atoms with Crippen LogP contribution in [0.1, 0.15) is 27.7 Å². The molecule has 1 fully saturated rings. The molecule has 0 spiro atoms. The van der Waals surface area contributed by atoms with Crippen molar-refractivity contribution in [2.45, 2.75) is 51.9 Å². The van der Waals surface area contributed by atoms with E-state index in [1.165, 1.54) is 0 Å². The Labute approximate surface area is 112 Å². The minimum Gasteiger partial charge on any atom is -0.459 e. The van der Waals surface area contributed by atoms with Crippen molar-refractivity contribution < 1.29 is 14.0 Å². The van der Waals surface area contributed by atoms with Gasteiger partial charge in [0.15, 0.2) is 8.32 Å². The molecule has 0 unspecified atom stereocenters. The summed E-state index contributed by atoms with van der Waals surface area (Å²) in [4.78, 5) is 11.6. The van der Waals surface area contributed by atoms with E-state index >= 15 is 0 Å². The van der Waals surface area contributed by atoms with Crippen LogP contribution in [-0.4, -0.2) is 27.0 Å². The van der Waals surface area contributed by atoms with Gasteiger partial charge < -0.3 is 9.16 Å². The van der Waals surface area contributed by atoms with Gasteiger partial charge in [0, 0.05) is 5.92 Å². The number of carbonyl (C=O) groups is 1. The highest BCUT2D eigenvalue weighted by Gasteiger charge is 2.43. The summed E-state index contributed by atoms with van der Waals surface area (Å²) in [6.45, 7) is 17.2. The van der Waals surface area contributed by atoms with Crippen molar-refractivity contribution in [1.82, 2.24) is 0 Å². The second kappa shape index (κ2) is 5.17. The Morgan fingerprint density at radius 2 is 2.00 bits per heavy atom. The molecule has 0 N–H and O–H groups in total. The largest absolute Gasteiger partial charge is 0.459 e. The van der Waals surface area contributed by atoms with Crippen molar-refractivity contribution in [3.05, 3.63) is 12.7 Å². The molecule has 0 aliphatic carbocycles. The summed E-state index contributed by atoms with van der Waals surface area (Å²) in [5.41, 5.74) is 0. The normalized spacial score (nSPS) is 29.2. The Balaban J connectivity index is 2.64. The third-order valence-electron chi connectivity index (χ3n) is 4.33. The third kappa shape index (κ3) is 3.04. The number of esters is 1. The molecular weight excluding hydrogens is 244 g/mol. The monoisotopic (exact) mass is 270 g/mol. The molecule has 0 amide bonds. The van der Waals surface area contributed by atoms with Crippen LogP contribution in [0.5, 0.6) is 0 Å². The van der Waals surface area contributed by atoms with E-state index < -0.39 is 8.32 Å². The average Bonchev–Trinajstić information content (AvgIpc) is 2.50. The quantitative estimate of drug-likeness (QED) is 0.446. The summed E-state index contributed by atoms with van der Waals surface area (Å²) >= 11 is 0. The Morgan fingerprint density at radius 1 is 1.44 bits per heavy atom. The first-order chi connectivity index (χ1) is 8.10. The highest BCUT2D eigenvalue weighted by Crippen LogP contribution is 2.38. The Bertz CT molecular complexity index is 330. The predicted molar refractivity (Wildman–Crippen MR) is 75.9 cm³/mol. The fourth-order valence-corrected chi connectivity index (χ4v) is 2.84. The summed E-state index contributed by atoms with van der Waals surface area (Å²) in [6.07, 6.45) is 1.65. The van der Waals surface area contributed by atoms with Crippen LogP contribution in [0.3, 0.4) is 0 Å². The molecule has 3 nitrogen and oxygen atoms in total. The van der Waals surface area contributed by atoms with E-state index in [2.05, 4.69) is 40.4 Å². The highest BCUT2D eigenvalue weighted by molar-refractivity contribution is 6.74. The lowest BCUT2D eigenvalue weighted by Crippen LogP contribution is -2.43. The highest BCUT2D eigenvalue weighted by atomic mass is 28.4. The van der Waals surface area contributed by atoms with Gasteiger partial charge in [-0.3, -0.25) is 4.79 Å². The van der Waals surface area contributed by atoms with Crippen LogP contribution >= 0.6 is 0 Å². The summed E-state index contributed by atoms with van der Waals surface area (Å²) in [7, 11) is -1.78. The Morgan fingerprint density at radius 3 is 2.44 bits per heavy atom. The van der Waals surface area contributed by atoms with E-state index in [4.69, 9.17) is 9.16 Å². The topological polar surface area (TPSA) is 35.5 Å². The molecule has 0 bridgehead atoms. The molecule has 4 heteroatoms. The Kier molecular flexibility index (Phi) is 4.44. The molecule has 1 heterocycles. The first-order valence-electron chi connectivity index (χ1n) is 6.57. The van der Waals surface area contributed by atoms with Gasteiger partial charge in [0.05, 0.1) is 12.5 Å². The average molecular weight is 270 g/mol. The fourth-order valence-electron chi connectivity index (χ4n) is 1.82. The SMILES string of the molecule is C=C[C@@H]1[C@@H](CO[Si](C)(C)C(C)(C)C)OC(=O)[C@@H]1C. The van der Waals surface area contributed by atoms with E-state index in [0.717, 1.165) is 0 Å². The molecule has 18 heavy (non-hydrogen) atoms. The number of hydrogen-bond acceptors (Lipinski definition) is 3. The van der Waals surface area contributed by atoms with Gasteiger partial charge in [0.1, 0.15) is 6.10 Å². The molecule has 1 aliphatic heterocycles. The van der Waals surface area contributed by atoms with Crippen molar-refractivity contribution in [3.8, 4) is 0 Å². The zero-order chi connectivity index (χ0) is 14.1. The summed E-state index contributed by atoms with van der Waals surface area (Å²) in [5.74, 6) is -0.165. The van der Waals surface area contributed by atoms with Crippen molar-refractivity contribution in [2.24, 2.45) is 11.8 Å². The minimum absolute atomic E-state index is 0.0715. The predicted octanol–water partition coefficient (Wildman–Crippen LogP) is 3.37. The van der Waals surface area contributed by atoms with Gasteiger partial charge in [-0.2, -0.15) is 0 Å². The lowest BCUT2D eigenvalue weighted by Gasteiger charge is -2.37. The van der Waals surface area contributed by atoms with E-state index in [1.54, 1.807) is 0 Å². The lowest BCUT2D eigenvalue weighted by molar-refractivity contribution is -0.144. The molecule has 1 aliphatic rings. The fraction of sp³-hybridized carbons (Fsp3) is 0.786. The van der Waals surface area contributed by atoms with E-state index in [1.807, 2.05) is 13.0 Å². The minimum atomic E-state index is -1.78. The third-order valence-corrected chi connectivity index (χ3v) is 8.83. The maximum Gasteiger partial charge on any atom is 0.309 e. The first-order valence-corrected chi connectivity index (χ1v) is 9.48. The van der Waals surface area contributed by atoms with Crippen molar-refractivity contribution in [3.63, 3.8) is 0 Å². The van der Waals surface area contributed by atoms with Crippen LogP contribution in [0.2, 0.25) is 18.1 Å². The smallest absolute Gasteiger partial charge is 0.309 e. The zero-order valence-electron chi connectivity index (χ0n) is 12.4. The molecule has 0 aromatic heterocycles. The maximum atomic E-state index is 11.6. The van der Waals surface area contributed by atoms with Gasteiger partial charge in [-0.05, 0) is 18.1 Å². The van der Waals surface area contributed by atoms with Crippen molar-refractivity contribution >= 4 is 14.3 Å². The van der Waals surface area contributed by atoms with Crippen molar-refractivity contribution in [1.29, 1.82) is 0 Å².